The highest BCUT2D eigenvalue weighted by Crippen LogP contribution is 2.31. The standard InChI is InChI=1S/C15H20N2O3/c16-8-10-5-6-13(20-10)15(19)17-14-11-4-2-1-3-9(11)7-12(14)18/h1-4,10,12-14,18H,5-8,16H2,(H,17,19)/t10?,12-,13?,14+/m1/s1. The van der Waals surface area contributed by atoms with Gasteiger partial charge in [-0.05, 0) is 24.0 Å². The maximum atomic E-state index is 12.2. The topological polar surface area (TPSA) is 84.6 Å². The molecule has 1 saturated heterocycles. The van der Waals surface area contributed by atoms with Gasteiger partial charge in [0.05, 0.1) is 18.2 Å². The van der Waals surface area contributed by atoms with Crippen LogP contribution in [0.15, 0.2) is 24.3 Å². The number of ether oxygens (including phenoxy) is 1. The van der Waals surface area contributed by atoms with Gasteiger partial charge in [0.2, 0.25) is 5.91 Å². The summed E-state index contributed by atoms with van der Waals surface area (Å²) in [5.41, 5.74) is 7.64. The molecule has 1 fully saturated rings. The molecule has 0 saturated carbocycles. The molecule has 5 heteroatoms. The van der Waals surface area contributed by atoms with Gasteiger partial charge in [-0.2, -0.15) is 0 Å². The lowest BCUT2D eigenvalue weighted by Crippen LogP contribution is -2.40. The number of amides is 1. The predicted molar refractivity (Wildman–Crippen MR) is 74.0 cm³/mol. The minimum atomic E-state index is -0.567. The van der Waals surface area contributed by atoms with Crippen molar-refractivity contribution in [2.45, 2.75) is 43.6 Å². The van der Waals surface area contributed by atoms with Crippen molar-refractivity contribution in [3.63, 3.8) is 0 Å². The van der Waals surface area contributed by atoms with Crippen molar-refractivity contribution in [1.29, 1.82) is 0 Å². The normalized spacial score (nSPS) is 32.1. The summed E-state index contributed by atoms with van der Waals surface area (Å²) in [6.45, 7) is 0.443. The van der Waals surface area contributed by atoms with E-state index in [9.17, 15) is 9.90 Å². The first kappa shape index (κ1) is 13.5. The van der Waals surface area contributed by atoms with Gasteiger partial charge in [-0.3, -0.25) is 4.79 Å². The van der Waals surface area contributed by atoms with E-state index in [1.54, 1.807) is 0 Å². The zero-order valence-electron chi connectivity index (χ0n) is 11.3. The van der Waals surface area contributed by atoms with Crippen LogP contribution in [-0.4, -0.2) is 35.9 Å². The molecular formula is C15H20N2O3. The Morgan fingerprint density at radius 2 is 2.20 bits per heavy atom. The van der Waals surface area contributed by atoms with Gasteiger partial charge in [0.1, 0.15) is 6.10 Å². The molecule has 2 unspecified atom stereocenters. The fraction of sp³-hybridized carbons (Fsp3) is 0.533. The van der Waals surface area contributed by atoms with Crippen molar-refractivity contribution in [3.05, 3.63) is 35.4 Å². The lowest BCUT2D eigenvalue weighted by molar-refractivity contribution is -0.133. The van der Waals surface area contributed by atoms with E-state index >= 15 is 0 Å². The summed E-state index contributed by atoms with van der Waals surface area (Å²) >= 11 is 0. The molecule has 1 aliphatic heterocycles. The van der Waals surface area contributed by atoms with E-state index in [1.165, 1.54) is 0 Å². The minimum Gasteiger partial charge on any atom is -0.390 e. The van der Waals surface area contributed by atoms with Gasteiger partial charge in [-0.25, -0.2) is 0 Å². The Hall–Kier alpha value is -1.43. The van der Waals surface area contributed by atoms with Crippen LogP contribution in [0.2, 0.25) is 0 Å². The average molecular weight is 276 g/mol. The Balaban J connectivity index is 1.67. The Morgan fingerprint density at radius 1 is 1.40 bits per heavy atom. The molecule has 4 N–H and O–H groups in total. The molecule has 1 aliphatic carbocycles. The summed E-state index contributed by atoms with van der Waals surface area (Å²) in [5, 5.41) is 13.0. The second-order valence-corrected chi connectivity index (χ2v) is 5.52. The van der Waals surface area contributed by atoms with Gasteiger partial charge in [0, 0.05) is 13.0 Å². The van der Waals surface area contributed by atoms with E-state index in [0.717, 1.165) is 17.5 Å². The third-order valence-corrected chi connectivity index (χ3v) is 4.16. The predicted octanol–water partition coefficient (Wildman–Crippen LogP) is 0.267. The molecule has 2 aliphatic rings. The Kier molecular flexibility index (Phi) is 3.74. The molecule has 4 atom stereocenters. The maximum absolute atomic E-state index is 12.2. The minimum absolute atomic E-state index is 0.0217. The number of aliphatic hydroxyl groups is 1. The molecular weight excluding hydrogens is 256 g/mol. The molecule has 20 heavy (non-hydrogen) atoms. The number of carbonyl (C=O) groups excluding carboxylic acids is 1. The second kappa shape index (κ2) is 5.52. The highest BCUT2D eigenvalue weighted by Gasteiger charge is 2.36. The van der Waals surface area contributed by atoms with Crippen molar-refractivity contribution >= 4 is 5.91 Å². The molecule has 1 aromatic rings. The zero-order valence-corrected chi connectivity index (χ0v) is 11.3. The van der Waals surface area contributed by atoms with Crippen LogP contribution in [0.5, 0.6) is 0 Å². The van der Waals surface area contributed by atoms with Crippen molar-refractivity contribution in [2.75, 3.05) is 6.54 Å². The fourth-order valence-corrected chi connectivity index (χ4v) is 3.07. The summed E-state index contributed by atoms with van der Waals surface area (Å²) in [5.74, 6) is -0.151. The van der Waals surface area contributed by atoms with Crippen LogP contribution in [0, 0.1) is 0 Å². The van der Waals surface area contributed by atoms with E-state index < -0.39 is 12.2 Å². The van der Waals surface area contributed by atoms with Crippen LogP contribution in [0.25, 0.3) is 0 Å². The molecule has 0 aromatic heterocycles. The van der Waals surface area contributed by atoms with Crippen LogP contribution in [0.4, 0.5) is 0 Å². The van der Waals surface area contributed by atoms with Gasteiger partial charge < -0.3 is 20.9 Å². The van der Waals surface area contributed by atoms with Crippen LogP contribution in [-0.2, 0) is 16.0 Å². The number of carbonyl (C=O) groups is 1. The monoisotopic (exact) mass is 276 g/mol. The summed E-state index contributed by atoms with van der Waals surface area (Å²) < 4.78 is 5.59. The highest BCUT2D eigenvalue weighted by molar-refractivity contribution is 5.81. The smallest absolute Gasteiger partial charge is 0.249 e. The third-order valence-electron chi connectivity index (χ3n) is 4.16. The third kappa shape index (κ3) is 2.44. The van der Waals surface area contributed by atoms with E-state index in [-0.39, 0.29) is 18.1 Å². The van der Waals surface area contributed by atoms with Crippen LogP contribution >= 0.6 is 0 Å². The Labute approximate surface area is 118 Å². The largest absolute Gasteiger partial charge is 0.390 e. The van der Waals surface area contributed by atoms with Crippen molar-refractivity contribution < 1.29 is 14.6 Å². The molecule has 3 rings (SSSR count). The summed E-state index contributed by atoms with van der Waals surface area (Å²) in [7, 11) is 0. The van der Waals surface area contributed by atoms with E-state index in [4.69, 9.17) is 10.5 Å². The number of fused-ring (bicyclic) bond motifs is 1. The molecule has 108 valence electrons. The number of hydrogen-bond acceptors (Lipinski definition) is 4. The average Bonchev–Trinajstić information content (AvgIpc) is 3.04. The Morgan fingerprint density at radius 3 is 2.95 bits per heavy atom. The lowest BCUT2D eigenvalue weighted by atomic mass is 10.1. The van der Waals surface area contributed by atoms with Gasteiger partial charge in [0.15, 0.2) is 0 Å². The van der Waals surface area contributed by atoms with Crippen LogP contribution in [0.3, 0.4) is 0 Å². The number of nitrogens with two attached hydrogens (primary N) is 1. The summed E-state index contributed by atoms with van der Waals surface area (Å²) in [6, 6.07) is 7.48. The fourth-order valence-electron chi connectivity index (χ4n) is 3.07. The first-order valence-corrected chi connectivity index (χ1v) is 7.11. The zero-order chi connectivity index (χ0) is 14.1. The maximum Gasteiger partial charge on any atom is 0.249 e. The van der Waals surface area contributed by atoms with E-state index in [2.05, 4.69) is 5.32 Å². The first-order valence-electron chi connectivity index (χ1n) is 7.11. The molecule has 0 radical (unpaired) electrons. The molecule has 0 spiro atoms. The van der Waals surface area contributed by atoms with Crippen molar-refractivity contribution in [1.82, 2.24) is 5.32 Å². The van der Waals surface area contributed by atoms with Gasteiger partial charge in [-0.1, -0.05) is 24.3 Å². The molecule has 1 aromatic carbocycles. The van der Waals surface area contributed by atoms with Crippen molar-refractivity contribution in [3.8, 4) is 0 Å². The highest BCUT2D eigenvalue weighted by atomic mass is 16.5. The molecule has 5 nitrogen and oxygen atoms in total. The van der Waals surface area contributed by atoms with E-state index in [0.29, 0.717) is 19.4 Å². The molecule has 0 bridgehead atoms. The van der Waals surface area contributed by atoms with Gasteiger partial charge in [0.25, 0.3) is 0 Å². The number of aliphatic hydroxyl groups excluding tert-OH is 1. The SMILES string of the molecule is NCC1CCC(C(=O)N[C@H]2c3ccccc3C[C@H]2O)O1. The van der Waals surface area contributed by atoms with Gasteiger partial charge in [-0.15, -0.1) is 0 Å². The number of nitrogens with one attached hydrogen (secondary N) is 1. The number of benzene rings is 1. The first-order chi connectivity index (χ1) is 9.69. The lowest BCUT2D eigenvalue weighted by Gasteiger charge is -2.20. The molecule has 1 amide bonds. The summed E-state index contributed by atoms with van der Waals surface area (Å²) in [6.07, 6.45) is 1.06. The van der Waals surface area contributed by atoms with Gasteiger partial charge >= 0.3 is 0 Å². The van der Waals surface area contributed by atoms with Crippen LogP contribution in [0.1, 0.15) is 30.0 Å². The number of rotatable bonds is 3. The van der Waals surface area contributed by atoms with Crippen molar-refractivity contribution in [2.24, 2.45) is 5.73 Å². The second-order valence-electron chi connectivity index (χ2n) is 5.52. The van der Waals surface area contributed by atoms with Crippen LogP contribution < -0.4 is 11.1 Å². The summed E-state index contributed by atoms with van der Waals surface area (Å²) in [4.78, 5) is 12.2. The Bertz CT molecular complexity index is 506. The number of hydrogen-bond donors (Lipinski definition) is 3. The van der Waals surface area contributed by atoms with E-state index in [1.807, 2.05) is 24.3 Å². The molecule has 1 heterocycles. The quantitative estimate of drug-likeness (QED) is 0.739.